The molecule has 0 aliphatic heterocycles. The number of halogens is 1. The normalized spacial score (nSPS) is 12.9. The molecule has 0 fully saturated rings. The van der Waals surface area contributed by atoms with Crippen LogP contribution in [0.15, 0.2) is 18.2 Å². The van der Waals surface area contributed by atoms with Crippen molar-refractivity contribution < 1.29 is 4.39 Å². The predicted octanol–water partition coefficient (Wildman–Crippen LogP) is 2.84. The predicted molar refractivity (Wildman–Crippen MR) is 57.9 cm³/mol. The van der Waals surface area contributed by atoms with Crippen LogP contribution in [-0.4, -0.2) is 6.54 Å². The maximum atomic E-state index is 13.2. The van der Waals surface area contributed by atoms with Crippen molar-refractivity contribution in [2.24, 2.45) is 5.73 Å². The van der Waals surface area contributed by atoms with E-state index in [2.05, 4.69) is 6.92 Å². The van der Waals surface area contributed by atoms with Crippen LogP contribution in [0.2, 0.25) is 0 Å². The molecule has 0 heterocycles. The quantitative estimate of drug-likeness (QED) is 0.785. The average Bonchev–Trinajstić information content (AvgIpc) is 2.19. The van der Waals surface area contributed by atoms with Gasteiger partial charge in [0.1, 0.15) is 5.82 Å². The molecule has 0 aromatic heterocycles. The average molecular weight is 195 g/mol. The molecule has 0 aliphatic rings. The molecule has 1 atom stereocenters. The molecule has 0 bridgehead atoms. The Morgan fingerprint density at radius 3 is 2.71 bits per heavy atom. The van der Waals surface area contributed by atoms with Gasteiger partial charge < -0.3 is 5.73 Å². The van der Waals surface area contributed by atoms with Crippen molar-refractivity contribution in [3.63, 3.8) is 0 Å². The van der Waals surface area contributed by atoms with Gasteiger partial charge in [-0.3, -0.25) is 0 Å². The second kappa shape index (κ2) is 5.11. The van der Waals surface area contributed by atoms with Gasteiger partial charge in [-0.25, -0.2) is 4.39 Å². The first-order valence-electron chi connectivity index (χ1n) is 5.17. The van der Waals surface area contributed by atoms with Crippen molar-refractivity contribution in [3.05, 3.63) is 35.1 Å². The maximum Gasteiger partial charge on any atom is 0.126 e. The Bertz CT molecular complexity index is 296. The highest BCUT2D eigenvalue weighted by molar-refractivity contribution is 5.27. The molecule has 0 amide bonds. The largest absolute Gasteiger partial charge is 0.330 e. The van der Waals surface area contributed by atoms with E-state index in [9.17, 15) is 4.39 Å². The summed E-state index contributed by atoms with van der Waals surface area (Å²) in [4.78, 5) is 0. The van der Waals surface area contributed by atoms with Crippen molar-refractivity contribution in [2.45, 2.75) is 32.6 Å². The van der Waals surface area contributed by atoms with Crippen LogP contribution in [-0.2, 0) is 6.42 Å². The minimum Gasteiger partial charge on any atom is -0.330 e. The van der Waals surface area contributed by atoms with Gasteiger partial charge in [0.25, 0.3) is 0 Å². The summed E-state index contributed by atoms with van der Waals surface area (Å²) in [5.41, 5.74) is 7.48. The first-order chi connectivity index (χ1) is 6.69. The van der Waals surface area contributed by atoms with Crippen molar-refractivity contribution in [3.8, 4) is 0 Å². The lowest BCUT2D eigenvalue weighted by Crippen LogP contribution is -2.05. The van der Waals surface area contributed by atoms with Crippen molar-refractivity contribution in [1.29, 1.82) is 0 Å². The third-order valence-electron chi connectivity index (χ3n) is 2.62. The van der Waals surface area contributed by atoms with Crippen LogP contribution in [0.5, 0.6) is 0 Å². The van der Waals surface area contributed by atoms with E-state index in [4.69, 9.17) is 5.73 Å². The summed E-state index contributed by atoms with van der Waals surface area (Å²) < 4.78 is 13.2. The molecule has 1 rings (SSSR count). The number of hydrogen-bond donors (Lipinski definition) is 1. The Kier molecular flexibility index (Phi) is 4.08. The highest BCUT2D eigenvalue weighted by Crippen LogP contribution is 2.21. The summed E-state index contributed by atoms with van der Waals surface area (Å²) >= 11 is 0. The van der Waals surface area contributed by atoms with E-state index in [1.165, 1.54) is 5.56 Å². The molecule has 0 saturated heterocycles. The van der Waals surface area contributed by atoms with Gasteiger partial charge in [-0.2, -0.15) is 0 Å². The van der Waals surface area contributed by atoms with Gasteiger partial charge in [-0.1, -0.05) is 26.0 Å². The highest BCUT2D eigenvalue weighted by Gasteiger charge is 2.07. The molecule has 1 aromatic carbocycles. The van der Waals surface area contributed by atoms with E-state index in [1.54, 1.807) is 6.07 Å². The summed E-state index contributed by atoms with van der Waals surface area (Å²) in [5.74, 6) is 0.321. The smallest absolute Gasteiger partial charge is 0.126 e. The lowest BCUT2D eigenvalue weighted by atomic mass is 9.95. The molecule has 0 aliphatic carbocycles. The molecular formula is C12H18FN. The molecule has 1 aromatic rings. The summed E-state index contributed by atoms with van der Waals surface area (Å²) in [7, 11) is 0. The Morgan fingerprint density at radius 2 is 2.14 bits per heavy atom. The van der Waals surface area contributed by atoms with Gasteiger partial charge in [0, 0.05) is 0 Å². The molecule has 0 saturated carbocycles. The Balaban J connectivity index is 2.88. The molecule has 1 nitrogen and oxygen atoms in total. The Morgan fingerprint density at radius 1 is 1.43 bits per heavy atom. The van der Waals surface area contributed by atoms with Gasteiger partial charge in [0.15, 0.2) is 0 Å². The lowest BCUT2D eigenvalue weighted by Gasteiger charge is -2.12. The molecular weight excluding hydrogens is 177 g/mol. The van der Waals surface area contributed by atoms with Crippen molar-refractivity contribution in [1.82, 2.24) is 0 Å². The number of hydrogen-bond acceptors (Lipinski definition) is 1. The van der Waals surface area contributed by atoms with Crippen LogP contribution in [0.1, 0.15) is 37.3 Å². The lowest BCUT2D eigenvalue weighted by molar-refractivity contribution is 0.607. The number of benzene rings is 1. The zero-order chi connectivity index (χ0) is 10.6. The molecule has 2 N–H and O–H groups in total. The van der Waals surface area contributed by atoms with Gasteiger partial charge >= 0.3 is 0 Å². The van der Waals surface area contributed by atoms with Crippen LogP contribution in [0.4, 0.5) is 4.39 Å². The van der Waals surface area contributed by atoms with Crippen molar-refractivity contribution >= 4 is 0 Å². The minimum absolute atomic E-state index is 0.101. The maximum absolute atomic E-state index is 13.2. The fraction of sp³-hybridized carbons (Fsp3) is 0.500. The first-order valence-corrected chi connectivity index (χ1v) is 5.17. The molecule has 0 radical (unpaired) electrons. The SMILES string of the molecule is CCc1cc(C(C)CCN)ccc1F. The van der Waals surface area contributed by atoms with E-state index < -0.39 is 0 Å². The molecule has 78 valence electrons. The van der Waals surface area contributed by atoms with Crippen LogP contribution in [0, 0.1) is 5.82 Å². The third-order valence-corrected chi connectivity index (χ3v) is 2.62. The fourth-order valence-electron chi connectivity index (χ4n) is 1.59. The standard InChI is InChI=1S/C12H18FN/c1-3-10-8-11(4-5-12(10)13)9(2)6-7-14/h4-5,8-9H,3,6-7,14H2,1-2H3. The zero-order valence-corrected chi connectivity index (χ0v) is 8.89. The number of nitrogens with two attached hydrogens (primary N) is 1. The Hall–Kier alpha value is -0.890. The van der Waals surface area contributed by atoms with E-state index >= 15 is 0 Å². The number of rotatable bonds is 4. The molecule has 1 unspecified atom stereocenters. The van der Waals surface area contributed by atoms with E-state index in [0.717, 1.165) is 18.4 Å². The second-order valence-electron chi connectivity index (χ2n) is 3.68. The van der Waals surface area contributed by atoms with E-state index in [-0.39, 0.29) is 5.82 Å². The number of aryl methyl sites for hydroxylation is 1. The first kappa shape index (κ1) is 11.2. The van der Waals surface area contributed by atoms with E-state index in [0.29, 0.717) is 12.5 Å². The summed E-state index contributed by atoms with van der Waals surface area (Å²) in [5, 5.41) is 0. The minimum atomic E-state index is -0.101. The van der Waals surface area contributed by atoms with Crippen molar-refractivity contribution in [2.75, 3.05) is 6.54 Å². The summed E-state index contributed by atoms with van der Waals surface area (Å²) in [6.07, 6.45) is 1.70. The van der Waals surface area contributed by atoms with Crippen LogP contribution >= 0.6 is 0 Å². The van der Waals surface area contributed by atoms with Gasteiger partial charge in [0.05, 0.1) is 0 Å². The molecule has 0 spiro atoms. The monoisotopic (exact) mass is 195 g/mol. The highest BCUT2D eigenvalue weighted by atomic mass is 19.1. The molecule has 14 heavy (non-hydrogen) atoms. The van der Waals surface area contributed by atoms with Crippen LogP contribution in [0.25, 0.3) is 0 Å². The van der Waals surface area contributed by atoms with E-state index in [1.807, 2.05) is 19.1 Å². The van der Waals surface area contributed by atoms with Gasteiger partial charge in [0.2, 0.25) is 0 Å². The summed E-state index contributed by atoms with van der Waals surface area (Å²) in [6.45, 7) is 4.77. The summed E-state index contributed by atoms with van der Waals surface area (Å²) in [6, 6.07) is 5.37. The fourth-order valence-corrected chi connectivity index (χ4v) is 1.59. The van der Waals surface area contributed by atoms with Gasteiger partial charge in [-0.15, -0.1) is 0 Å². The zero-order valence-electron chi connectivity index (χ0n) is 8.89. The second-order valence-corrected chi connectivity index (χ2v) is 3.68. The topological polar surface area (TPSA) is 26.0 Å². The van der Waals surface area contributed by atoms with Crippen LogP contribution < -0.4 is 5.73 Å². The van der Waals surface area contributed by atoms with Crippen LogP contribution in [0.3, 0.4) is 0 Å². The molecule has 2 heteroatoms. The third kappa shape index (κ3) is 2.55. The van der Waals surface area contributed by atoms with Gasteiger partial charge in [-0.05, 0) is 42.5 Å². The Labute approximate surface area is 85.1 Å².